The smallest absolute Gasteiger partial charge is 0.198 e. The van der Waals surface area contributed by atoms with Crippen LogP contribution in [-0.4, -0.2) is 78.5 Å². The van der Waals surface area contributed by atoms with Crippen LogP contribution in [0.2, 0.25) is 0 Å². The van der Waals surface area contributed by atoms with Gasteiger partial charge >= 0.3 is 0 Å². The maximum absolute atomic E-state index is 13.5. The van der Waals surface area contributed by atoms with E-state index < -0.39 is 93.2 Å². The lowest BCUT2D eigenvalue weighted by Gasteiger charge is -2.50. The number of rotatable bonds is 5. The van der Waals surface area contributed by atoms with Crippen LogP contribution in [0.1, 0.15) is 89.6 Å². The fourth-order valence-electron chi connectivity index (χ4n) is 6.47. The van der Waals surface area contributed by atoms with E-state index in [0.717, 1.165) is 13.8 Å². The van der Waals surface area contributed by atoms with Gasteiger partial charge in [0, 0.05) is 41.5 Å². The zero-order valence-corrected chi connectivity index (χ0v) is 23.4. The van der Waals surface area contributed by atoms with Crippen LogP contribution in [0.3, 0.4) is 0 Å². The van der Waals surface area contributed by atoms with Crippen LogP contribution >= 0.6 is 0 Å². The van der Waals surface area contributed by atoms with Crippen molar-refractivity contribution in [1.29, 1.82) is 0 Å². The summed E-state index contributed by atoms with van der Waals surface area (Å²) in [7, 11) is 0. The molecule has 5 rings (SSSR count). The average Bonchev–Trinajstić information content (AvgIpc) is 2.91. The maximum atomic E-state index is 13.5. The van der Waals surface area contributed by atoms with E-state index in [1.54, 1.807) is 12.1 Å². The molecule has 6 N–H and O–H groups in total. The van der Waals surface area contributed by atoms with Gasteiger partial charge in [-0.3, -0.25) is 24.0 Å². The Bertz CT molecular complexity index is 1600. The van der Waals surface area contributed by atoms with Crippen LogP contribution in [0.25, 0.3) is 0 Å². The number of ether oxygens (including phenoxy) is 2. The van der Waals surface area contributed by atoms with Gasteiger partial charge in [0.15, 0.2) is 40.6 Å². The molecule has 2 aromatic carbocycles. The third-order valence-corrected chi connectivity index (χ3v) is 9.00. The molecule has 2 aliphatic carbocycles. The number of benzene rings is 2. The van der Waals surface area contributed by atoms with Gasteiger partial charge < -0.3 is 35.6 Å². The minimum atomic E-state index is -2.62. The van der Waals surface area contributed by atoms with Crippen molar-refractivity contribution in [3.63, 3.8) is 0 Å². The Morgan fingerprint density at radius 1 is 0.905 bits per heavy atom. The number of nitrogens with two attached hydrogens (primary N) is 1. The van der Waals surface area contributed by atoms with Crippen molar-refractivity contribution in [3.05, 3.63) is 57.6 Å². The van der Waals surface area contributed by atoms with E-state index in [4.69, 9.17) is 15.2 Å². The number of carbonyl (C=O) groups is 5. The molecule has 0 bridgehead atoms. The first-order valence-corrected chi connectivity index (χ1v) is 13.4. The minimum absolute atomic E-state index is 0.0225. The summed E-state index contributed by atoms with van der Waals surface area (Å²) >= 11 is 0. The highest BCUT2D eigenvalue weighted by Gasteiger charge is 2.64. The average molecular weight is 582 g/mol. The van der Waals surface area contributed by atoms with E-state index in [2.05, 4.69) is 0 Å². The molecule has 0 spiro atoms. The normalized spacial score (nSPS) is 32.0. The predicted octanol–water partition coefficient (Wildman–Crippen LogP) is 0.939. The number of hydrogen-bond donors (Lipinski definition) is 5. The first kappa shape index (κ1) is 29.7. The largest absolute Gasteiger partial charge is 0.507 e. The molecule has 1 saturated heterocycles. The van der Waals surface area contributed by atoms with E-state index in [-0.39, 0.29) is 35.1 Å². The number of fused-ring (bicyclic) bond motifs is 3. The van der Waals surface area contributed by atoms with Gasteiger partial charge in [-0.25, -0.2) is 0 Å². The number of aromatic hydroxyl groups is 2. The number of Topliss-reactive ketones (excluding diaryl/α,β-unsaturated/α-hetero) is 3. The molecule has 3 aliphatic rings. The number of ketones is 5. The van der Waals surface area contributed by atoms with Gasteiger partial charge in [-0.05, 0) is 27.7 Å². The first-order valence-electron chi connectivity index (χ1n) is 13.4. The molecule has 0 amide bonds. The van der Waals surface area contributed by atoms with E-state index >= 15 is 0 Å². The summed E-state index contributed by atoms with van der Waals surface area (Å²) in [5.74, 6) is -5.07. The van der Waals surface area contributed by atoms with Crippen LogP contribution in [0.4, 0.5) is 0 Å². The van der Waals surface area contributed by atoms with E-state index in [1.165, 1.54) is 26.0 Å². The highest BCUT2D eigenvalue weighted by Crippen LogP contribution is 2.52. The van der Waals surface area contributed by atoms with Gasteiger partial charge in [-0.15, -0.1) is 0 Å². The standard InChI is InChI=1S/C30H31NO11/c1-12(32)28(31)9-18-21(27(38)23-22(26(18)37)24(35)16-7-5-6-8-17(16)25(23)36)19(10-28)42-20-11-29(39,13(2)33)30(40,14(3)34)15(4)41-20/h5-8,15,19-20,37-40H,9-11,31H2,1-4H3/t15-,19?,20+,28?,29+,30+/m1/s1. The zero-order valence-electron chi connectivity index (χ0n) is 23.4. The lowest BCUT2D eigenvalue weighted by Crippen LogP contribution is -2.72. The van der Waals surface area contributed by atoms with Crippen molar-refractivity contribution in [3.8, 4) is 11.5 Å². The fraction of sp³-hybridized carbons (Fsp3) is 0.433. The molecule has 1 aliphatic heterocycles. The summed E-state index contributed by atoms with van der Waals surface area (Å²) in [6.07, 6.45) is -5.61. The molecule has 1 fully saturated rings. The maximum Gasteiger partial charge on any atom is 0.198 e. The number of phenolic OH excluding ortho intramolecular Hbond substituents is 2. The van der Waals surface area contributed by atoms with Gasteiger partial charge in [-0.1, -0.05) is 24.3 Å². The molecule has 6 atom stereocenters. The van der Waals surface area contributed by atoms with Gasteiger partial charge in [0.1, 0.15) is 17.3 Å². The topological polar surface area (TPSA) is 211 Å². The van der Waals surface area contributed by atoms with Crippen LogP contribution < -0.4 is 5.73 Å². The molecule has 2 aromatic rings. The second-order valence-electron chi connectivity index (χ2n) is 11.4. The van der Waals surface area contributed by atoms with E-state index in [1.807, 2.05) is 0 Å². The van der Waals surface area contributed by atoms with E-state index in [0.29, 0.717) is 0 Å². The Morgan fingerprint density at radius 3 is 1.95 bits per heavy atom. The van der Waals surface area contributed by atoms with Crippen molar-refractivity contribution in [1.82, 2.24) is 0 Å². The van der Waals surface area contributed by atoms with Crippen LogP contribution in [0, 0.1) is 0 Å². The molecule has 2 unspecified atom stereocenters. The van der Waals surface area contributed by atoms with Crippen molar-refractivity contribution in [2.75, 3.05) is 0 Å². The lowest BCUT2D eigenvalue weighted by atomic mass is 9.70. The SMILES string of the molecule is CC(=O)C1(N)Cc2c(O)c3c(c(O)c2C(O[C@H]2C[C@](O)(C(C)=O)[C@](O)(C(C)=O)[C@@H](C)O2)C1)C(=O)c1ccccc1C3=O. The van der Waals surface area contributed by atoms with Gasteiger partial charge in [0.05, 0.1) is 28.9 Å². The Balaban J connectivity index is 1.65. The fourth-order valence-corrected chi connectivity index (χ4v) is 6.47. The molecule has 1 heterocycles. The molecular weight excluding hydrogens is 550 g/mol. The van der Waals surface area contributed by atoms with Crippen molar-refractivity contribution >= 4 is 28.9 Å². The summed E-state index contributed by atoms with van der Waals surface area (Å²) in [4.78, 5) is 64.5. The summed E-state index contributed by atoms with van der Waals surface area (Å²) in [5, 5.41) is 45.3. The molecule has 12 heteroatoms. The van der Waals surface area contributed by atoms with Crippen molar-refractivity contribution < 1.29 is 53.9 Å². The highest BCUT2D eigenvalue weighted by atomic mass is 16.7. The predicted molar refractivity (Wildman–Crippen MR) is 143 cm³/mol. The molecule has 0 aromatic heterocycles. The molecule has 0 saturated carbocycles. The van der Waals surface area contributed by atoms with Crippen LogP contribution in [0.15, 0.2) is 24.3 Å². The van der Waals surface area contributed by atoms with Crippen LogP contribution in [0.5, 0.6) is 11.5 Å². The highest BCUT2D eigenvalue weighted by molar-refractivity contribution is 6.30. The Morgan fingerprint density at radius 2 is 1.45 bits per heavy atom. The van der Waals surface area contributed by atoms with E-state index in [9.17, 15) is 44.4 Å². The third-order valence-electron chi connectivity index (χ3n) is 9.00. The molecular formula is C30H31NO11. The lowest BCUT2D eigenvalue weighted by molar-refractivity contribution is -0.306. The van der Waals surface area contributed by atoms with Crippen molar-refractivity contribution in [2.45, 2.75) is 82.2 Å². The second-order valence-corrected chi connectivity index (χ2v) is 11.4. The van der Waals surface area contributed by atoms with Crippen LogP contribution in [-0.2, 0) is 30.3 Å². The Hall–Kier alpha value is -3.81. The van der Waals surface area contributed by atoms with Gasteiger partial charge in [-0.2, -0.15) is 0 Å². The number of aliphatic hydroxyl groups is 2. The van der Waals surface area contributed by atoms with Gasteiger partial charge in [0.2, 0.25) is 0 Å². The monoisotopic (exact) mass is 581 g/mol. The second kappa shape index (κ2) is 9.61. The minimum Gasteiger partial charge on any atom is -0.507 e. The Labute approximate surface area is 240 Å². The summed E-state index contributed by atoms with van der Waals surface area (Å²) in [6, 6.07) is 5.93. The molecule has 42 heavy (non-hydrogen) atoms. The third kappa shape index (κ3) is 3.90. The Kier molecular flexibility index (Phi) is 6.79. The summed E-state index contributed by atoms with van der Waals surface area (Å²) in [5.41, 5.74) is -1.45. The number of hydrogen-bond acceptors (Lipinski definition) is 12. The molecule has 222 valence electrons. The first-order chi connectivity index (χ1) is 19.5. The summed E-state index contributed by atoms with van der Waals surface area (Å²) < 4.78 is 11.8. The summed E-state index contributed by atoms with van der Waals surface area (Å²) in [6.45, 7) is 4.49. The molecule has 12 nitrogen and oxygen atoms in total. The quantitative estimate of drug-likeness (QED) is 0.267. The van der Waals surface area contributed by atoms with Crippen molar-refractivity contribution in [2.24, 2.45) is 5.73 Å². The van der Waals surface area contributed by atoms with Gasteiger partial charge in [0.25, 0.3) is 0 Å². The molecule has 0 radical (unpaired) electrons. The zero-order chi connectivity index (χ0) is 31.1. The number of carbonyl (C=O) groups excluding carboxylic acids is 5. The number of phenols is 2.